The highest BCUT2D eigenvalue weighted by Gasteiger charge is 2.10. The number of halogens is 3. The van der Waals surface area contributed by atoms with Crippen molar-refractivity contribution >= 4 is 27.5 Å². The molecule has 1 atom stereocenters. The van der Waals surface area contributed by atoms with Crippen molar-refractivity contribution in [2.24, 2.45) is 0 Å². The van der Waals surface area contributed by atoms with Crippen LogP contribution in [0.5, 0.6) is 0 Å². The second-order valence-corrected chi connectivity index (χ2v) is 5.95. The van der Waals surface area contributed by atoms with Crippen LogP contribution in [0.1, 0.15) is 30.5 Å². The fraction of sp³-hybridized carbons (Fsp3) is 0.250. The lowest BCUT2D eigenvalue weighted by molar-refractivity contribution is 0.518. The van der Waals surface area contributed by atoms with Crippen LogP contribution in [0.15, 0.2) is 46.9 Å². The van der Waals surface area contributed by atoms with Gasteiger partial charge in [-0.2, -0.15) is 0 Å². The quantitative estimate of drug-likeness (QED) is 0.747. The summed E-state index contributed by atoms with van der Waals surface area (Å²) in [4.78, 5) is 0. The predicted octanol–water partition coefficient (Wildman–Crippen LogP) is 5.48. The summed E-state index contributed by atoms with van der Waals surface area (Å²) < 4.78 is 14.1. The van der Waals surface area contributed by atoms with Crippen molar-refractivity contribution in [3.63, 3.8) is 0 Å². The van der Waals surface area contributed by atoms with Crippen molar-refractivity contribution in [3.05, 3.63) is 68.9 Å². The van der Waals surface area contributed by atoms with Gasteiger partial charge in [0.2, 0.25) is 0 Å². The van der Waals surface area contributed by atoms with Crippen molar-refractivity contribution in [3.8, 4) is 0 Å². The van der Waals surface area contributed by atoms with Crippen LogP contribution in [-0.4, -0.2) is 0 Å². The average Bonchev–Trinajstić information content (AvgIpc) is 2.43. The first-order chi connectivity index (χ1) is 9.60. The molecule has 0 aliphatic heterocycles. The van der Waals surface area contributed by atoms with E-state index in [1.165, 1.54) is 17.7 Å². The summed E-state index contributed by atoms with van der Waals surface area (Å²) in [6.45, 7) is 2.75. The molecule has 106 valence electrons. The van der Waals surface area contributed by atoms with E-state index in [-0.39, 0.29) is 11.9 Å². The molecular weight excluding hydrogens is 341 g/mol. The molecular formula is C16H16BrClFN. The molecule has 0 heterocycles. The molecule has 0 saturated carbocycles. The van der Waals surface area contributed by atoms with Gasteiger partial charge in [-0.05, 0) is 41.8 Å². The maximum Gasteiger partial charge on any atom is 0.124 e. The largest absolute Gasteiger partial charge is 0.306 e. The lowest BCUT2D eigenvalue weighted by Gasteiger charge is -2.18. The van der Waals surface area contributed by atoms with Gasteiger partial charge in [-0.15, -0.1) is 0 Å². The van der Waals surface area contributed by atoms with E-state index in [4.69, 9.17) is 11.6 Å². The summed E-state index contributed by atoms with van der Waals surface area (Å²) >= 11 is 9.47. The van der Waals surface area contributed by atoms with Crippen molar-refractivity contribution in [2.75, 3.05) is 0 Å². The van der Waals surface area contributed by atoms with Gasteiger partial charge in [0, 0.05) is 22.1 Å². The van der Waals surface area contributed by atoms with Gasteiger partial charge in [0.25, 0.3) is 0 Å². The molecule has 0 spiro atoms. The fourth-order valence-electron chi connectivity index (χ4n) is 2.09. The Kier molecular flexibility index (Phi) is 5.58. The summed E-state index contributed by atoms with van der Waals surface area (Å²) in [7, 11) is 0. The van der Waals surface area contributed by atoms with Crippen molar-refractivity contribution < 1.29 is 4.39 Å². The van der Waals surface area contributed by atoms with E-state index in [2.05, 4.69) is 40.3 Å². The zero-order chi connectivity index (χ0) is 14.5. The predicted molar refractivity (Wildman–Crippen MR) is 85.4 cm³/mol. The second kappa shape index (κ2) is 7.21. The minimum Gasteiger partial charge on any atom is -0.306 e. The zero-order valence-corrected chi connectivity index (χ0v) is 13.5. The Hall–Kier alpha value is -0.900. The Morgan fingerprint density at radius 1 is 1.20 bits per heavy atom. The maximum atomic E-state index is 13.0. The van der Waals surface area contributed by atoms with Gasteiger partial charge in [0.15, 0.2) is 0 Å². The molecule has 4 heteroatoms. The fourth-order valence-corrected chi connectivity index (χ4v) is 2.59. The first kappa shape index (κ1) is 15.5. The number of nitrogens with one attached hydrogen (secondary N) is 1. The van der Waals surface area contributed by atoms with Crippen LogP contribution in [0.25, 0.3) is 0 Å². The molecule has 1 N–H and O–H groups in total. The monoisotopic (exact) mass is 355 g/mol. The molecule has 20 heavy (non-hydrogen) atoms. The van der Waals surface area contributed by atoms with E-state index in [1.807, 2.05) is 12.1 Å². The third kappa shape index (κ3) is 4.05. The van der Waals surface area contributed by atoms with Crippen molar-refractivity contribution in [2.45, 2.75) is 25.9 Å². The molecule has 0 radical (unpaired) electrons. The van der Waals surface area contributed by atoms with Gasteiger partial charge in [-0.3, -0.25) is 0 Å². The van der Waals surface area contributed by atoms with Crippen LogP contribution < -0.4 is 5.32 Å². The van der Waals surface area contributed by atoms with E-state index in [1.54, 1.807) is 6.07 Å². The van der Waals surface area contributed by atoms with Crippen molar-refractivity contribution in [1.29, 1.82) is 0 Å². The second-order valence-electron chi connectivity index (χ2n) is 4.63. The van der Waals surface area contributed by atoms with E-state index < -0.39 is 0 Å². The molecule has 0 amide bonds. The Morgan fingerprint density at radius 2 is 1.90 bits per heavy atom. The first-order valence-electron chi connectivity index (χ1n) is 6.53. The van der Waals surface area contributed by atoms with E-state index in [0.717, 1.165) is 16.5 Å². The Morgan fingerprint density at radius 3 is 2.50 bits per heavy atom. The molecule has 1 nitrogen and oxygen atoms in total. The average molecular weight is 357 g/mol. The third-order valence-electron chi connectivity index (χ3n) is 3.23. The van der Waals surface area contributed by atoms with Crippen LogP contribution in [0.4, 0.5) is 4.39 Å². The molecule has 0 aliphatic rings. The normalized spacial score (nSPS) is 12.4. The topological polar surface area (TPSA) is 12.0 Å². The molecule has 0 fully saturated rings. The number of hydrogen-bond donors (Lipinski definition) is 1. The Balaban J connectivity index is 2.05. The van der Waals surface area contributed by atoms with Crippen LogP contribution in [0, 0.1) is 5.82 Å². The highest BCUT2D eigenvalue weighted by Crippen LogP contribution is 2.22. The first-order valence-corrected chi connectivity index (χ1v) is 7.70. The number of hydrogen-bond acceptors (Lipinski definition) is 1. The van der Waals surface area contributed by atoms with Gasteiger partial charge in [0.1, 0.15) is 5.82 Å². The summed E-state index contributed by atoms with van der Waals surface area (Å²) in [6, 6.07) is 13.0. The van der Waals surface area contributed by atoms with E-state index >= 15 is 0 Å². The molecule has 0 aromatic heterocycles. The van der Waals surface area contributed by atoms with Gasteiger partial charge >= 0.3 is 0 Å². The lowest BCUT2D eigenvalue weighted by Crippen LogP contribution is -2.20. The van der Waals surface area contributed by atoms with Gasteiger partial charge in [0.05, 0.1) is 0 Å². The summed E-state index contributed by atoms with van der Waals surface area (Å²) in [6.07, 6.45) is 0.973. The minimum absolute atomic E-state index is 0.254. The van der Waals surface area contributed by atoms with Gasteiger partial charge < -0.3 is 5.32 Å². The van der Waals surface area contributed by atoms with Crippen molar-refractivity contribution in [1.82, 2.24) is 5.32 Å². The Bertz CT molecular complexity index is 571. The molecule has 2 aromatic rings. The molecule has 0 aliphatic carbocycles. The molecule has 0 saturated heterocycles. The van der Waals surface area contributed by atoms with Gasteiger partial charge in [-0.1, -0.05) is 52.7 Å². The minimum atomic E-state index is -0.307. The Labute approximate surface area is 132 Å². The summed E-state index contributed by atoms with van der Waals surface area (Å²) in [5.41, 5.74) is 2.14. The van der Waals surface area contributed by atoms with Crippen LogP contribution in [0.2, 0.25) is 5.02 Å². The van der Waals surface area contributed by atoms with E-state index in [9.17, 15) is 4.39 Å². The lowest BCUT2D eigenvalue weighted by atomic mass is 10.0. The molecule has 2 rings (SSSR count). The summed E-state index contributed by atoms with van der Waals surface area (Å²) in [5.74, 6) is -0.307. The smallest absolute Gasteiger partial charge is 0.124 e. The van der Waals surface area contributed by atoms with Crippen LogP contribution in [0.3, 0.4) is 0 Å². The molecule has 0 bridgehead atoms. The van der Waals surface area contributed by atoms with Crippen LogP contribution >= 0.6 is 27.5 Å². The third-order valence-corrected chi connectivity index (χ3v) is 4.12. The summed E-state index contributed by atoms with van der Waals surface area (Å²) in [5, 5.41) is 3.92. The van der Waals surface area contributed by atoms with E-state index in [0.29, 0.717) is 11.6 Å². The highest BCUT2D eigenvalue weighted by atomic mass is 79.9. The number of rotatable bonds is 5. The van der Waals surface area contributed by atoms with Gasteiger partial charge in [-0.25, -0.2) is 4.39 Å². The maximum absolute atomic E-state index is 13.0. The number of benzene rings is 2. The van der Waals surface area contributed by atoms with Crippen LogP contribution in [-0.2, 0) is 6.54 Å². The molecule has 1 unspecified atom stereocenters. The standard InChI is InChI=1S/C16H16BrClFN/c1-2-16(11-3-6-13(17)7-4-11)20-10-12-5-8-14(19)9-15(12)18/h3-9,16,20H,2,10H2,1H3. The zero-order valence-electron chi connectivity index (χ0n) is 11.2. The molecule has 2 aromatic carbocycles. The highest BCUT2D eigenvalue weighted by molar-refractivity contribution is 9.10. The SMILES string of the molecule is CCC(NCc1ccc(F)cc1Cl)c1ccc(Br)cc1.